The molecule has 7 nitrogen and oxygen atoms in total. The predicted molar refractivity (Wildman–Crippen MR) is 129 cm³/mol. The van der Waals surface area contributed by atoms with E-state index in [4.69, 9.17) is 4.74 Å². The van der Waals surface area contributed by atoms with Crippen LogP contribution in [-0.2, 0) is 17.0 Å². The lowest BCUT2D eigenvalue weighted by atomic mass is 10.1. The van der Waals surface area contributed by atoms with Gasteiger partial charge in [0.25, 0.3) is 5.91 Å². The van der Waals surface area contributed by atoms with Gasteiger partial charge in [0.2, 0.25) is 10.9 Å². The summed E-state index contributed by atoms with van der Waals surface area (Å²) in [7, 11) is 1.59. The third-order valence-corrected chi connectivity index (χ3v) is 6.63. The van der Waals surface area contributed by atoms with Crippen molar-refractivity contribution in [3.05, 3.63) is 70.2 Å². The molecule has 0 aliphatic rings. The van der Waals surface area contributed by atoms with Crippen LogP contribution in [0.2, 0.25) is 0 Å². The maximum absolute atomic E-state index is 12.3. The van der Waals surface area contributed by atoms with E-state index >= 15 is 0 Å². The number of aryl methyl sites for hydroxylation is 1. The van der Waals surface area contributed by atoms with Crippen LogP contribution in [0.25, 0.3) is 0 Å². The number of carbonyl (C=O) groups is 2. The van der Waals surface area contributed by atoms with Gasteiger partial charge in [0.15, 0.2) is 0 Å². The van der Waals surface area contributed by atoms with Crippen LogP contribution >= 0.6 is 23.1 Å². The summed E-state index contributed by atoms with van der Waals surface area (Å²) in [5.41, 5.74) is 1.92. The van der Waals surface area contributed by atoms with Gasteiger partial charge in [-0.05, 0) is 49.6 Å². The molecule has 3 aromatic rings. The molecule has 0 fully saturated rings. The SMILES string of the molecule is COc1ccc(NC(=O)c2nnc(CSCC(=O)N[C@H](C)CCc3ccccc3)s2)cc1. The second kappa shape index (κ2) is 12.2. The number of ether oxygens (including phenoxy) is 1. The molecule has 0 unspecified atom stereocenters. The Morgan fingerprint density at radius 2 is 1.84 bits per heavy atom. The van der Waals surface area contributed by atoms with E-state index in [1.807, 2.05) is 25.1 Å². The third kappa shape index (κ3) is 7.65. The molecular weight excluding hydrogens is 444 g/mol. The number of amides is 2. The van der Waals surface area contributed by atoms with Crippen molar-refractivity contribution in [1.82, 2.24) is 15.5 Å². The molecule has 0 radical (unpaired) electrons. The minimum absolute atomic E-state index is 0.00227. The highest BCUT2D eigenvalue weighted by molar-refractivity contribution is 7.99. The van der Waals surface area contributed by atoms with Crippen molar-refractivity contribution in [1.29, 1.82) is 0 Å². The Bertz CT molecular complexity index is 1010. The summed E-state index contributed by atoms with van der Waals surface area (Å²) >= 11 is 2.68. The van der Waals surface area contributed by atoms with Crippen LogP contribution in [0.5, 0.6) is 5.75 Å². The Labute approximate surface area is 196 Å². The molecule has 1 aromatic heterocycles. The molecule has 0 saturated carbocycles. The van der Waals surface area contributed by atoms with E-state index < -0.39 is 0 Å². The number of benzene rings is 2. The Morgan fingerprint density at radius 1 is 1.09 bits per heavy atom. The Kier molecular flexibility index (Phi) is 9.06. The maximum Gasteiger partial charge on any atom is 0.286 e. The molecule has 32 heavy (non-hydrogen) atoms. The topological polar surface area (TPSA) is 93.2 Å². The Morgan fingerprint density at radius 3 is 2.56 bits per heavy atom. The summed E-state index contributed by atoms with van der Waals surface area (Å²) in [4.78, 5) is 24.5. The van der Waals surface area contributed by atoms with Gasteiger partial charge in [0, 0.05) is 17.5 Å². The number of rotatable bonds is 11. The minimum Gasteiger partial charge on any atom is -0.497 e. The van der Waals surface area contributed by atoms with E-state index in [1.165, 1.54) is 28.7 Å². The summed E-state index contributed by atoms with van der Waals surface area (Å²) < 4.78 is 5.10. The van der Waals surface area contributed by atoms with Crippen molar-refractivity contribution >= 4 is 40.6 Å². The zero-order valence-electron chi connectivity index (χ0n) is 18.0. The van der Waals surface area contributed by atoms with Crippen LogP contribution in [0.4, 0.5) is 5.69 Å². The van der Waals surface area contributed by atoms with Gasteiger partial charge in [-0.3, -0.25) is 9.59 Å². The molecule has 2 N–H and O–H groups in total. The normalized spacial score (nSPS) is 11.6. The van der Waals surface area contributed by atoms with Crippen LogP contribution in [0.15, 0.2) is 54.6 Å². The fourth-order valence-corrected chi connectivity index (χ4v) is 4.53. The first kappa shape index (κ1) is 23.7. The molecule has 168 valence electrons. The highest BCUT2D eigenvalue weighted by Gasteiger charge is 2.14. The van der Waals surface area contributed by atoms with Gasteiger partial charge in [-0.25, -0.2) is 0 Å². The number of nitrogens with one attached hydrogen (secondary N) is 2. The molecule has 3 rings (SSSR count). The van der Waals surface area contributed by atoms with Crippen molar-refractivity contribution in [2.45, 2.75) is 31.6 Å². The molecule has 0 saturated heterocycles. The highest BCUT2D eigenvalue weighted by Crippen LogP contribution is 2.19. The molecular formula is C23H26N4O3S2. The fourth-order valence-electron chi connectivity index (χ4n) is 2.91. The van der Waals surface area contributed by atoms with Crippen molar-refractivity contribution in [3.63, 3.8) is 0 Å². The van der Waals surface area contributed by atoms with Gasteiger partial charge in [-0.15, -0.1) is 22.0 Å². The van der Waals surface area contributed by atoms with Gasteiger partial charge in [-0.1, -0.05) is 41.7 Å². The first-order valence-corrected chi connectivity index (χ1v) is 12.2. The van der Waals surface area contributed by atoms with E-state index in [0.717, 1.165) is 12.8 Å². The lowest BCUT2D eigenvalue weighted by Crippen LogP contribution is -2.34. The summed E-state index contributed by atoms with van der Waals surface area (Å²) in [6.45, 7) is 2.02. The lowest BCUT2D eigenvalue weighted by Gasteiger charge is -2.13. The van der Waals surface area contributed by atoms with Crippen molar-refractivity contribution in [2.24, 2.45) is 0 Å². The minimum atomic E-state index is -0.311. The third-order valence-electron chi connectivity index (χ3n) is 4.58. The molecule has 2 aromatic carbocycles. The quantitative estimate of drug-likeness (QED) is 0.437. The van der Waals surface area contributed by atoms with Crippen molar-refractivity contribution < 1.29 is 14.3 Å². The van der Waals surface area contributed by atoms with Gasteiger partial charge in [0.1, 0.15) is 10.8 Å². The van der Waals surface area contributed by atoms with E-state index in [1.54, 1.807) is 31.4 Å². The first-order valence-electron chi connectivity index (χ1n) is 10.2. The van der Waals surface area contributed by atoms with Crippen LogP contribution in [0.3, 0.4) is 0 Å². The molecule has 2 amide bonds. The molecule has 1 atom stereocenters. The second-order valence-electron chi connectivity index (χ2n) is 7.17. The number of aromatic nitrogens is 2. The standard InChI is InChI=1S/C23H26N4O3S2/c1-16(8-9-17-6-4-3-5-7-17)24-20(28)14-31-15-21-26-27-23(32-21)22(29)25-18-10-12-19(30-2)13-11-18/h3-7,10-13,16H,8-9,14-15H2,1-2H3,(H,24,28)(H,25,29)/t16-/m1/s1. The average Bonchev–Trinajstić information content (AvgIpc) is 3.28. The number of hydrogen-bond acceptors (Lipinski definition) is 7. The Balaban J connectivity index is 1.36. The smallest absolute Gasteiger partial charge is 0.286 e. The van der Waals surface area contributed by atoms with Crippen LogP contribution in [-0.4, -0.2) is 40.9 Å². The fraction of sp³-hybridized carbons (Fsp3) is 0.304. The van der Waals surface area contributed by atoms with E-state index in [9.17, 15) is 9.59 Å². The zero-order chi connectivity index (χ0) is 22.8. The van der Waals surface area contributed by atoms with Crippen molar-refractivity contribution in [3.8, 4) is 5.75 Å². The number of thioether (sulfide) groups is 1. The van der Waals surface area contributed by atoms with Gasteiger partial charge in [-0.2, -0.15) is 0 Å². The van der Waals surface area contributed by atoms with E-state index in [2.05, 4.69) is 33.0 Å². The number of anilines is 1. The predicted octanol–water partition coefficient (Wildman–Crippen LogP) is 4.17. The first-order chi connectivity index (χ1) is 15.5. The van der Waals surface area contributed by atoms with Crippen LogP contribution in [0, 0.1) is 0 Å². The molecule has 9 heteroatoms. The summed E-state index contributed by atoms with van der Waals surface area (Å²) in [5, 5.41) is 14.8. The zero-order valence-corrected chi connectivity index (χ0v) is 19.7. The maximum atomic E-state index is 12.3. The number of methoxy groups -OCH3 is 1. The van der Waals surface area contributed by atoms with E-state index in [0.29, 0.717) is 28.0 Å². The van der Waals surface area contributed by atoms with Crippen LogP contribution in [0.1, 0.15) is 33.7 Å². The summed E-state index contributed by atoms with van der Waals surface area (Å²) in [6, 6.07) is 17.4. The Hall–Kier alpha value is -2.91. The van der Waals surface area contributed by atoms with Crippen LogP contribution < -0.4 is 15.4 Å². The molecule has 0 aliphatic heterocycles. The lowest BCUT2D eigenvalue weighted by molar-refractivity contribution is -0.119. The second-order valence-corrected chi connectivity index (χ2v) is 9.22. The molecule has 0 bridgehead atoms. The van der Waals surface area contributed by atoms with Gasteiger partial charge >= 0.3 is 0 Å². The molecule has 0 aliphatic carbocycles. The van der Waals surface area contributed by atoms with E-state index in [-0.39, 0.29) is 22.9 Å². The monoisotopic (exact) mass is 470 g/mol. The van der Waals surface area contributed by atoms with Gasteiger partial charge < -0.3 is 15.4 Å². The summed E-state index contributed by atoms with van der Waals surface area (Å²) in [5.74, 6) is 1.27. The van der Waals surface area contributed by atoms with Crippen molar-refractivity contribution in [2.75, 3.05) is 18.2 Å². The summed E-state index contributed by atoms with van der Waals surface area (Å²) in [6.07, 6.45) is 1.82. The number of carbonyl (C=O) groups excluding carboxylic acids is 2. The molecule has 0 spiro atoms. The van der Waals surface area contributed by atoms with Gasteiger partial charge in [0.05, 0.1) is 12.9 Å². The number of nitrogens with zero attached hydrogens (tertiary/aromatic N) is 2. The average molecular weight is 471 g/mol. The number of hydrogen-bond donors (Lipinski definition) is 2. The highest BCUT2D eigenvalue weighted by atomic mass is 32.2. The molecule has 1 heterocycles. The largest absolute Gasteiger partial charge is 0.497 e.